The van der Waals surface area contributed by atoms with Crippen LogP contribution >= 0.6 is 11.8 Å². The molecule has 116 valence electrons. The molecule has 22 heavy (non-hydrogen) atoms. The molecule has 6 nitrogen and oxygen atoms in total. The molecule has 0 aliphatic carbocycles. The Labute approximate surface area is 133 Å². The summed E-state index contributed by atoms with van der Waals surface area (Å²) in [4.78, 5) is 22.0. The molecule has 0 spiro atoms. The van der Waals surface area contributed by atoms with Gasteiger partial charge in [-0.1, -0.05) is 36.0 Å². The van der Waals surface area contributed by atoms with Gasteiger partial charge in [0, 0.05) is 19.7 Å². The zero-order valence-corrected chi connectivity index (χ0v) is 13.4. The van der Waals surface area contributed by atoms with Gasteiger partial charge in [-0.05, 0) is 18.1 Å². The first-order chi connectivity index (χ1) is 10.5. The van der Waals surface area contributed by atoms with Crippen molar-refractivity contribution < 1.29 is 4.79 Å². The fourth-order valence-electron chi connectivity index (χ4n) is 1.89. The third-order valence-electron chi connectivity index (χ3n) is 3.16. The maximum atomic E-state index is 12.2. The number of aromatic nitrogens is 2. The summed E-state index contributed by atoms with van der Waals surface area (Å²) < 4.78 is 0. The molecule has 0 bridgehead atoms. The lowest BCUT2D eigenvalue weighted by Gasteiger charge is -2.18. The summed E-state index contributed by atoms with van der Waals surface area (Å²) in [6.07, 6.45) is 0. The first-order valence-electron chi connectivity index (χ1n) is 6.77. The second kappa shape index (κ2) is 7.13. The lowest BCUT2D eigenvalue weighted by atomic mass is 10.1. The van der Waals surface area contributed by atoms with E-state index in [2.05, 4.69) is 9.97 Å². The Hall–Kier alpha value is -2.28. The second-order valence-corrected chi connectivity index (χ2v) is 5.91. The largest absolute Gasteiger partial charge is 0.383 e. The normalized spacial score (nSPS) is 10.5. The van der Waals surface area contributed by atoms with E-state index < -0.39 is 0 Å². The molecule has 1 aromatic heterocycles. The monoisotopic (exact) mass is 317 g/mol. The van der Waals surface area contributed by atoms with Crippen LogP contribution in [0.25, 0.3) is 0 Å². The van der Waals surface area contributed by atoms with E-state index in [1.54, 1.807) is 11.9 Å². The standard InChI is InChI=1S/C15H19N5OS/c1-10-5-3-4-6-11(10)8-20(2)14(21)9-22-15-18-12(16)7-13(17)19-15/h3-7H,8-9H2,1-2H3,(H4,16,17,18,19). The minimum Gasteiger partial charge on any atom is -0.383 e. The van der Waals surface area contributed by atoms with Crippen molar-refractivity contribution in [1.29, 1.82) is 0 Å². The molecule has 0 fully saturated rings. The van der Waals surface area contributed by atoms with Gasteiger partial charge in [-0.25, -0.2) is 9.97 Å². The van der Waals surface area contributed by atoms with Crippen LogP contribution in [-0.2, 0) is 11.3 Å². The van der Waals surface area contributed by atoms with Gasteiger partial charge in [0.25, 0.3) is 0 Å². The molecule has 0 atom stereocenters. The summed E-state index contributed by atoms with van der Waals surface area (Å²) in [5.74, 6) is 0.843. The Balaban J connectivity index is 1.93. The molecule has 0 unspecified atom stereocenters. The molecule has 1 amide bonds. The zero-order chi connectivity index (χ0) is 16.1. The number of hydrogen-bond acceptors (Lipinski definition) is 6. The van der Waals surface area contributed by atoms with Crippen LogP contribution in [0, 0.1) is 6.92 Å². The fraction of sp³-hybridized carbons (Fsp3) is 0.267. The summed E-state index contributed by atoms with van der Waals surface area (Å²) in [7, 11) is 1.78. The number of rotatable bonds is 5. The SMILES string of the molecule is Cc1ccccc1CN(C)C(=O)CSc1nc(N)cc(N)n1. The van der Waals surface area contributed by atoms with E-state index in [4.69, 9.17) is 11.5 Å². The van der Waals surface area contributed by atoms with E-state index in [1.165, 1.54) is 23.4 Å². The van der Waals surface area contributed by atoms with Crippen LogP contribution in [0.1, 0.15) is 11.1 Å². The van der Waals surface area contributed by atoms with Gasteiger partial charge in [-0.15, -0.1) is 0 Å². The van der Waals surface area contributed by atoms with Gasteiger partial charge < -0.3 is 16.4 Å². The van der Waals surface area contributed by atoms with Crippen molar-refractivity contribution in [2.75, 3.05) is 24.3 Å². The number of hydrogen-bond donors (Lipinski definition) is 2. The lowest BCUT2D eigenvalue weighted by Crippen LogP contribution is -2.28. The Kier molecular flexibility index (Phi) is 5.21. The van der Waals surface area contributed by atoms with Crippen molar-refractivity contribution in [3.63, 3.8) is 0 Å². The quantitative estimate of drug-likeness (QED) is 0.643. The van der Waals surface area contributed by atoms with Crippen molar-refractivity contribution >= 4 is 29.3 Å². The van der Waals surface area contributed by atoms with Crippen molar-refractivity contribution in [3.8, 4) is 0 Å². The van der Waals surface area contributed by atoms with Gasteiger partial charge in [0.15, 0.2) is 5.16 Å². The predicted molar refractivity (Wildman–Crippen MR) is 89.2 cm³/mol. The number of anilines is 2. The molecular weight excluding hydrogens is 298 g/mol. The summed E-state index contributed by atoms with van der Waals surface area (Å²) >= 11 is 1.23. The van der Waals surface area contributed by atoms with Gasteiger partial charge in [-0.2, -0.15) is 0 Å². The van der Waals surface area contributed by atoms with E-state index in [0.29, 0.717) is 23.3 Å². The van der Waals surface area contributed by atoms with Crippen LogP contribution in [0.2, 0.25) is 0 Å². The predicted octanol–water partition coefficient (Wildman–Crippen LogP) is 1.70. The summed E-state index contributed by atoms with van der Waals surface area (Å²) in [5.41, 5.74) is 13.5. The van der Waals surface area contributed by atoms with Crippen molar-refractivity contribution in [3.05, 3.63) is 41.5 Å². The van der Waals surface area contributed by atoms with Crippen molar-refractivity contribution in [2.24, 2.45) is 0 Å². The van der Waals surface area contributed by atoms with Crippen LogP contribution in [-0.4, -0.2) is 33.6 Å². The number of carbonyl (C=O) groups excluding carboxylic acids is 1. The molecule has 0 saturated carbocycles. The minimum atomic E-state index is -0.00199. The number of benzene rings is 1. The molecule has 4 N–H and O–H groups in total. The molecular formula is C15H19N5OS. The highest BCUT2D eigenvalue weighted by molar-refractivity contribution is 7.99. The second-order valence-electron chi connectivity index (χ2n) is 4.97. The zero-order valence-electron chi connectivity index (χ0n) is 12.6. The maximum Gasteiger partial charge on any atom is 0.233 e. The van der Waals surface area contributed by atoms with Crippen molar-refractivity contribution in [1.82, 2.24) is 14.9 Å². The molecule has 2 rings (SSSR count). The van der Waals surface area contributed by atoms with E-state index in [0.717, 1.165) is 5.56 Å². The smallest absolute Gasteiger partial charge is 0.233 e. The molecule has 0 radical (unpaired) electrons. The molecule has 0 aliphatic heterocycles. The highest BCUT2D eigenvalue weighted by Gasteiger charge is 2.12. The van der Waals surface area contributed by atoms with E-state index in [9.17, 15) is 4.79 Å². The van der Waals surface area contributed by atoms with Crippen LogP contribution in [0.3, 0.4) is 0 Å². The number of nitrogens with two attached hydrogens (primary N) is 2. The fourth-order valence-corrected chi connectivity index (χ4v) is 2.71. The van der Waals surface area contributed by atoms with Gasteiger partial charge in [0.05, 0.1) is 5.75 Å². The lowest BCUT2D eigenvalue weighted by molar-refractivity contribution is -0.127. The molecule has 1 aromatic carbocycles. The first kappa shape index (κ1) is 16.1. The topological polar surface area (TPSA) is 98.1 Å². The van der Waals surface area contributed by atoms with E-state index in [1.807, 2.05) is 31.2 Å². The molecule has 0 saturated heterocycles. The Bertz CT molecular complexity index is 656. The number of nitrogen functional groups attached to an aromatic ring is 2. The van der Waals surface area contributed by atoms with Crippen molar-refractivity contribution in [2.45, 2.75) is 18.6 Å². The Morgan fingerprint density at radius 3 is 2.50 bits per heavy atom. The Morgan fingerprint density at radius 1 is 1.23 bits per heavy atom. The third-order valence-corrected chi connectivity index (χ3v) is 4.00. The van der Waals surface area contributed by atoms with E-state index in [-0.39, 0.29) is 11.7 Å². The van der Waals surface area contributed by atoms with Crippen LogP contribution < -0.4 is 11.5 Å². The van der Waals surface area contributed by atoms with Gasteiger partial charge >= 0.3 is 0 Å². The maximum absolute atomic E-state index is 12.2. The van der Waals surface area contributed by atoms with Crippen LogP contribution in [0.5, 0.6) is 0 Å². The molecule has 7 heteroatoms. The molecule has 0 aliphatic rings. The summed E-state index contributed by atoms with van der Waals surface area (Å²) in [5, 5.41) is 0.412. The highest BCUT2D eigenvalue weighted by Crippen LogP contribution is 2.17. The average Bonchev–Trinajstić information content (AvgIpc) is 2.46. The number of nitrogens with zero attached hydrogens (tertiary/aromatic N) is 3. The first-order valence-corrected chi connectivity index (χ1v) is 7.75. The van der Waals surface area contributed by atoms with E-state index >= 15 is 0 Å². The molecule has 2 aromatic rings. The molecule has 1 heterocycles. The Morgan fingerprint density at radius 2 is 1.86 bits per heavy atom. The number of amides is 1. The van der Waals surface area contributed by atoms with Gasteiger partial charge in [-0.3, -0.25) is 4.79 Å². The van der Waals surface area contributed by atoms with Gasteiger partial charge in [0.1, 0.15) is 11.6 Å². The summed E-state index contributed by atoms with van der Waals surface area (Å²) in [6.45, 7) is 2.61. The number of thioether (sulfide) groups is 1. The number of aryl methyl sites for hydroxylation is 1. The summed E-state index contributed by atoms with van der Waals surface area (Å²) in [6, 6.07) is 9.49. The van der Waals surface area contributed by atoms with Crippen LogP contribution in [0.4, 0.5) is 11.6 Å². The third kappa shape index (κ3) is 4.36. The van der Waals surface area contributed by atoms with Gasteiger partial charge in [0.2, 0.25) is 5.91 Å². The highest BCUT2D eigenvalue weighted by atomic mass is 32.2. The number of carbonyl (C=O) groups is 1. The average molecular weight is 317 g/mol. The van der Waals surface area contributed by atoms with Crippen LogP contribution in [0.15, 0.2) is 35.5 Å². The minimum absolute atomic E-state index is 0.00199.